The van der Waals surface area contributed by atoms with E-state index in [0.29, 0.717) is 27.6 Å². The van der Waals surface area contributed by atoms with Gasteiger partial charge in [-0.3, -0.25) is 9.59 Å². The molecule has 45 heavy (non-hydrogen) atoms. The summed E-state index contributed by atoms with van der Waals surface area (Å²) in [4.78, 5) is 32.7. The number of hydrogen-bond donors (Lipinski definition) is 9. The van der Waals surface area contributed by atoms with Gasteiger partial charge in [-0.15, -0.1) is 0 Å². The second-order valence-electron chi connectivity index (χ2n) is 12.5. The zero-order valence-electron chi connectivity index (χ0n) is 23.9. The Labute approximate surface area is 254 Å². The topological polar surface area (TPSA) is 223 Å². The van der Waals surface area contributed by atoms with Crippen molar-refractivity contribution < 1.29 is 49.7 Å². The average molecular weight is 619 g/mol. The number of anilines is 1. The summed E-state index contributed by atoms with van der Waals surface area (Å²) in [5.74, 6) is -1.62. The number of benzene rings is 2. The number of nitrogens with zero attached hydrogens (tertiary/aromatic N) is 1. The fraction of sp³-hybridized carbons (Fsp3) is 0.387. The maximum atomic E-state index is 14.1. The third-order valence-electron chi connectivity index (χ3n) is 9.70. The van der Waals surface area contributed by atoms with Crippen molar-refractivity contribution in [3.8, 4) is 11.5 Å². The standard InChI is InChI=1S/C31H30N4O10/c1-11-6-14-19(17(36)7-11)23(38)21-18-8-13-12(20(21)22(14)37)3-5-32-27(13)33-10-30(43)4-2-15-16(9-30)34-35-29(42)31(15)26(41)24(39)25(40)28(44-18)45-31/h3,5-8,24-26,28-29,34-36,39-43H,2,4,9-10H2,1H3,(H,32,33)/t24-,25-,26+,28-,29+,30+,31-/m1/s1. The second-order valence-corrected chi connectivity index (χ2v) is 12.5. The predicted octanol–water partition coefficient (Wildman–Crippen LogP) is -0.398. The van der Waals surface area contributed by atoms with Gasteiger partial charge >= 0.3 is 0 Å². The van der Waals surface area contributed by atoms with Crippen LogP contribution in [-0.4, -0.2) is 95.8 Å². The Morgan fingerprint density at radius 1 is 1.00 bits per heavy atom. The van der Waals surface area contributed by atoms with Crippen LogP contribution in [0.3, 0.4) is 0 Å². The van der Waals surface area contributed by atoms with Gasteiger partial charge in [0.25, 0.3) is 0 Å². The molecule has 0 unspecified atom stereocenters. The number of hydrogen-bond acceptors (Lipinski definition) is 14. The quantitative estimate of drug-likeness (QED) is 0.122. The summed E-state index contributed by atoms with van der Waals surface area (Å²) in [6.07, 6.45) is -7.21. The van der Waals surface area contributed by atoms with Crippen LogP contribution < -0.4 is 20.9 Å². The number of phenolic OH excluding ortho intramolecular Hbond substituents is 1. The molecule has 1 saturated heterocycles. The fourth-order valence-corrected chi connectivity index (χ4v) is 7.48. The number of aryl methyl sites for hydroxylation is 1. The summed E-state index contributed by atoms with van der Waals surface area (Å²) < 4.78 is 12.4. The first-order chi connectivity index (χ1) is 21.4. The molecule has 9 rings (SSSR count). The van der Waals surface area contributed by atoms with Crippen molar-refractivity contribution in [3.63, 3.8) is 0 Å². The number of aliphatic hydroxyl groups is 5. The zero-order valence-corrected chi connectivity index (χ0v) is 23.9. The first kappa shape index (κ1) is 28.3. The van der Waals surface area contributed by atoms with Gasteiger partial charge in [-0.1, -0.05) is 0 Å². The normalized spacial score (nSPS) is 33.6. The van der Waals surface area contributed by atoms with Gasteiger partial charge in [-0.05, 0) is 60.6 Å². The van der Waals surface area contributed by atoms with Crippen LogP contribution in [-0.2, 0) is 4.74 Å². The van der Waals surface area contributed by atoms with Crippen molar-refractivity contribution in [2.75, 3.05) is 11.9 Å². The number of carbonyl (C=O) groups excluding carboxylic acids is 2. The molecule has 14 heteroatoms. The third-order valence-corrected chi connectivity index (χ3v) is 9.70. The molecule has 234 valence electrons. The minimum Gasteiger partial charge on any atom is -0.507 e. The number of ketones is 2. The van der Waals surface area contributed by atoms with E-state index < -0.39 is 59.3 Å². The lowest BCUT2D eigenvalue weighted by molar-refractivity contribution is -0.327. The Morgan fingerprint density at radius 2 is 1.80 bits per heavy atom. The summed E-state index contributed by atoms with van der Waals surface area (Å²) in [7, 11) is 0. The number of fused-ring (bicyclic) bond motifs is 5. The molecule has 4 aliphatic heterocycles. The molecular formula is C31H30N4O10. The molecule has 1 aromatic heterocycles. The number of nitrogens with one attached hydrogen (secondary N) is 3. The molecular weight excluding hydrogens is 588 g/mol. The van der Waals surface area contributed by atoms with Crippen molar-refractivity contribution in [3.05, 3.63) is 69.5 Å². The Hall–Kier alpha value is -4.15. The van der Waals surface area contributed by atoms with Gasteiger partial charge in [-0.25, -0.2) is 10.4 Å². The monoisotopic (exact) mass is 618 g/mol. The van der Waals surface area contributed by atoms with Crippen molar-refractivity contribution >= 4 is 28.2 Å². The molecule has 5 heterocycles. The van der Waals surface area contributed by atoms with E-state index in [1.165, 1.54) is 24.4 Å². The minimum absolute atomic E-state index is 0.00520. The number of aliphatic hydroxyl groups excluding tert-OH is 4. The largest absolute Gasteiger partial charge is 0.507 e. The number of ether oxygens (including phenoxy) is 2. The van der Waals surface area contributed by atoms with Gasteiger partial charge in [0, 0.05) is 41.4 Å². The van der Waals surface area contributed by atoms with E-state index in [-0.39, 0.29) is 59.6 Å². The summed E-state index contributed by atoms with van der Waals surface area (Å²) in [5, 5.41) is 71.1. The molecule has 14 nitrogen and oxygen atoms in total. The summed E-state index contributed by atoms with van der Waals surface area (Å²) in [5.41, 5.74) is 3.02. The fourth-order valence-electron chi connectivity index (χ4n) is 7.48. The van der Waals surface area contributed by atoms with Crippen LogP contribution >= 0.6 is 0 Å². The molecule has 1 fully saturated rings. The van der Waals surface area contributed by atoms with Crippen LogP contribution in [0.1, 0.15) is 56.7 Å². The Balaban J connectivity index is 1.40. The molecule has 7 bridgehead atoms. The van der Waals surface area contributed by atoms with Crippen LogP contribution in [0.15, 0.2) is 41.7 Å². The second kappa shape index (κ2) is 9.43. The SMILES string of the molecule is Cc1cc(O)c2c(c1)C(=O)c1c(c3cc4c(nccc14)NC[C@]1(O)CCC4=C(C1)NN[C@@H](O)[C@@]41O[C@@H](O3)[C@H](O)[C@@H](O)[C@@H]1O)C2=O. The van der Waals surface area contributed by atoms with Crippen LogP contribution in [0.5, 0.6) is 11.5 Å². The van der Waals surface area contributed by atoms with Gasteiger partial charge < -0.3 is 50.9 Å². The van der Waals surface area contributed by atoms with Crippen LogP contribution in [0.4, 0.5) is 5.82 Å². The van der Waals surface area contributed by atoms with Crippen molar-refractivity contribution in [1.82, 2.24) is 15.8 Å². The van der Waals surface area contributed by atoms with E-state index >= 15 is 0 Å². The first-order valence-corrected chi connectivity index (χ1v) is 14.6. The minimum atomic E-state index is -2.03. The van der Waals surface area contributed by atoms with E-state index in [1.807, 2.05) is 0 Å². The summed E-state index contributed by atoms with van der Waals surface area (Å²) >= 11 is 0. The third kappa shape index (κ3) is 3.78. The molecule has 3 aromatic rings. The van der Waals surface area contributed by atoms with Crippen LogP contribution in [0.25, 0.3) is 10.8 Å². The van der Waals surface area contributed by atoms with Gasteiger partial charge in [0.2, 0.25) is 12.1 Å². The Bertz CT molecular complexity index is 1880. The highest BCUT2D eigenvalue weighted by atomic mass is 16.7. The highest BCUT2D eigenvalue weighted by Crippen LogP contribution is 2.49. The number of aromatic hydroxyl groups is 1. The van der Waals surface area contributed by atoms with E-state index in [9.17, 15) is 40.2 Å². The van der Waals surface area contributed by atoms with Crippen molar-refractivity contribution in [2.24, 2.45) is 0 Å². The molecule has 0 saturated carbocycles. The van der Waals surface area contributed by atoms with E-state index in [2.05, 4.69) is 21.2 Å². The lowest BCUT2D eigenvalue weighted by atomic mass is 9.70. The maximum absolute atomic E-state index is 14.1. The van der Waals surface area contributed by atoms with Gasteiger partial charge in [0.05, 0.1) is 16.7 Å². The number of phenols is 1. The first-order valence-electron chi connectivity index (χ1n) is 14.6. The number of carbonyl (C=O) groups is 2. The molecule has 9 N–H and O–H groups in total. The van der Waals surface area contributed by atoms with Crippen molar-refractivity contribution in [2.45, 2.75) is 68.2 Å². The molecule has 2 aliphatic carbocycles. The van der Waals surface area contributed by atoms with E-state index in [1.54, 1.807) is 13.0 Å². The van der Waals surface area contributed by atoms with Crippen LogP contribution in [0, 0.1) is 6.92 Å². The van der Waals surface area contributed by atoms with Crippen molar-refractivity contribution in [1.29, 1.82) is 0 Å². The van der Waals surface area contributed by atoms with E-state index in [0.717, 1.165) is 0 Å². The highest BCUT2D eigenvalue weighted by Gasteiger charge is 2.63. The number of rotatable bonds is 0. The van der Waals surface area contributed by atoms with Gasteiger partial charge in [0.1, 0.15) is 35.6 Å². The summed E-state index contributed by atoms with van der Waals surface area (Å²) in [6, 6.07) is 5.89. The molecule has 6 aliphatic rings. The zero-order chi connectivity index (χ0) is 31.6. The molecule has 1 spiro atoms. The molecule has 0 amide bonds. The van der Waals surface area contributed by atoms with Gasteiger partial charge in [-0.2, -0.15) is 0 Å². The lowest BCUT2D eigenvalue weighted by Crippen LogP contribution is -2.76. The Morgan fingerprint density at radius 3 is 2.60 bits per heavy atom. The maximum Gasteiger partial charge on any atom is 0.229 e. The average Bonchev–Trinajstić information content (AvgIpc) is 3.00. The van der Waals surface area contributed by atoms with Crippen LogP contribution in [0.2, 0.25) is 0 Å². The number of hydrazine groups is 1. The highest BCUT2D eigenvalue weighted by molar-refractivity contribution is 6.34. The molecule has 2 aromatic carbocycles. The van der Waals surface area contributed by atoms with Gasteiger partial charge in [0.15, 0.2) is 17.6 Å². The summed E-state index contributed by atoms with van der Waals surface area (Å²) in [6.45, 7) is 1.69. The molecule has 0 radical (unpaired) electrons. The Kier molecular flexibility index (Phi) is 5.94. The lowest BCUT2D eigenvalue weighted by Gasteiger charge is -2.55. The smallest absolute Gasteiger partial charge is 0.229 e. The number of pyridine rings is 1. The molecule has 7 atom stereocenters. The number of aromatic nitrogens is 1. The predicted molar refractivity (Wildman–Crippen MR) is 154 cm³/mol. The van der Waals surface area contributed by atoms with E-state index in [4.69, 9.17) is 9.47 Å².